The number of aliphatic hydroxyl groups is 1. The van der Waals surface area contributed by atoms with Crippen molar-refractivity contribution in [2.75, 3.05) is 0 Å². The predicted molar refractivity (Wildman–Crippen MR) is 68.2 cm³/mol. The van der Waals surface area contributed by atoms with Crippen LogP contribution in [0.2, 0.25) is 0 Å². The summed E-state index contributed by atoms with van der Waals surface area (Å²) in [5.41, 5.74) is 2.14. The first-order valence-electron chi connectivity index (χ1n) is 5.51. The van der Waals surface area contributed by atoms with Crippen molar-refractivity contribution >= 4 is 15.9 Å². The number of nitrogens with zero attached hydrogens (tertiary/aromatic N) is 2. The molecule has 1 aromatic heterocycles. The second-order valence-electron chi connectivity index (χ2n) is 4.34. The lowest BCUT2D eigenvalue weighted by molar-refractivity contribution is 0.170. The van der Waals surface area contributed by atoms with Crippen molar-refractivity contribution in [3.8, 4) is 0 Å². The highest BCUT2D eigenvalue weighted by atomic mass is 79.9. The lowest BCUT2D eigenvalue weighted by Gasteiger charge is -2.15. The maximum absolute atomic E-state index is 9.27. The van der Waals surface area contributed by atoms with Gasteiger partial charge in [-0.2, -0.15) is 5.10 Å². The van der Waals surface area contributed by atoms with E-state index >= 15 is 0 Å². The quantitative estimate of drug-likeness (QED) is 0.868. The van der Waals surface area contributed by atoms with Crippen LogP contribution in [0.3, 0.4) is 0 Å². The zero-order chi connectivity index (χ0) is 12.3. The third kappa shape index (κ3) is 3.57. The van der Waals surface area contributed by atoms with Crippen molar-refractivity contribution in [2.45, 2.75) is 45.9 Å². The van der Waals surface area contributed by atoms with Gasteiger partial charge in [-0.15, -0.1) is 0 Å². The number of hydrogen-bond acceptors (Lipinski definition) is 3. The minimum atomic E-state index is -0.265. The Labute approximate surface area is 105 Å². The summed E-state index contributed by atoms with van der Waals surface area (Å²) in [7, 11) is 1.94. The van der Waals surface area contributed by atoms with Crippen LogP contribution in [0.25, 0.3) is 0 Å². The van der Waals surface area contributed by atoms with Gasteiger partial charge in [0, 0.05) is 19.6 Å². The minimum Gasteiger partial charge on any atom is -0.393 e. The third-order valence-corrected chi connectivity index (χ3v) is 3.61. The molecule has 0 aliphatic carbocycles. The van der Waals surface area contributed by atoms with Crippen molar-refractivity contribution in [1.29, 1.82) is 0 Å². The number of halogens is 1. The van der Waals surface area contributed by atoms with Gasteiger partial charge in [-0.25, -0.2) is 0 Å². The van der Waals surface area contributed by atoms with Crippen LogP contribution in [0.4, 0.5) is 0 Å². The average Bonchev–Trinajstić information content (AvgIpc) is 2.38. The molecule has 0 aliphatic rings. The maximum atomic E-state index is 9.27. The van der Waals surface area contributed by atoms with E-state index in [4.69, 9.17) is 0 Å². The molecule has 0 saturated heterocycles. The van der Waals surface area contributed by atoms with E-state index in [9.17, 15) is 5.11 Å². The largest absolute Gasteiger partial charge is 0.393 e. The van der Waals surface area contributed by atoms with Gasteiger partial charge >= 0.3 is 0 Å². The van der Waals surface area contributed by atoms with E-state index in [0.29, 0.717) is 6.04 Å². The van der Waals surface area contributed by atoms with Crippen molar-refractivity contribution in [3.63, 3.8) is 0 Å². The van der Waals surface area contributed by atoms with Gasteiger partial charge < -0.3 is 10.4 Å². The summed E-state index contributed by atoms with van der Waals surface area (Å²) in [4.78, 5) is 0. The Morgan fingerprint density at radius 1 is 1.50 bits per heavy atom. The lowest BCUT2D eigenvalue weighted by atomic mass is 10.1. The number of nitrogens with one attached hydrogen (secondary N) is 1. The number of rotatable bonds is 5. The summed E-state index contributed by atoms with van der Waals surface area (Å²) in [6.45, 7) is 6.62. The molecule has 0 amide bonds. The van der Waals surface area contributed by atoms with Crippen LogP contribution < -0.4 is 5.32 Å². The average molecular weight is 290 g/mol. The van der Waals surface area contributed by atoms with E-state index < -0.39 is 0 Å². The Balaban J connectivity index is 2.54. The molecule has 2 atom stereocenters. The van der Waals surface area contributed by atoms with Crippen LogP contribution in [0.15, 0.2) is 4.47 Å². The van der Waals surface area contributed by atoms with Crippen molar-refractivity contribution < 1.29 is 5.11 Å². The smallest absolute Gasteiger partial charge is 0.0739 e. The molecule has 0 fully saturated rings. The normalized spacial score (nSPS) is 15.1. The van der Waals surface area contributed by atoms with Crippen LogP contribution in [0.1, 0.15) is 31.7 Å². The summed E-state index contributed by atoms with van der Waals surface area (Å²) in [5.74, 6) is 0. The van der Waals surface area contributed by atoms with E-state index in [1.165, 1.54) is 0 Å². The Bertz CT molecular complexity index is 349. The van der Waals surface area contributed by atoms with E-state index in [2.05, 4.69) is 33.3 Å². The summed E-state index contributed by atoms with van der Waals surface area (Å²) < 4.78 is 2.94. The topological polar surface area (TPSA) is 50.1 Å². The second kappa shape index (κ2) is 5.80. The van der Waals surface area contributed by atoms with Gasteiger partial charge in [-0.3, -0.25) is 4.68 Å². The molecule has 1 rings (SSSR count). The zero-order valence-corrected chi connectivity index (χ0v) is 11.9. The number of hydrogen-bond donors (Lipinski definition) is 2. The molecular formula is C11H20BrN3O. The molecule has 92 valence electrons. The molecule has 0 saturated carbocycles. The molecule has 1 aromatic rings. The maximum Gasteiger partial charge on any atom is 0.0739 e. The fraction of sp³-hybridized carbons (Fsp3) is 0.727. The monoisotopic (exact) mass is 289 g/mol. The molecule has 0 aromatic carbocycles. The second-order valence-corrected chi connectivity index (χ2v) is 5.13. The van der Waals surface area contributed by atoms with Crippen LogP contribution in [0.5, 0.6) is 0 Å². The van der Waals surface area contributed by atoms with Gasteiger partial charge in [-0.05, 0) is 43.1 Å². The Kier molecular flexibility index (Phi) is 4.95. The van der Waals surface area contributed by atoms with Crippen molar-refractivity contribution in [2.24, 2.45) is 7.05 Å². The van der Waals surface area contributed by atoms with Crippen LogP contribution in [0, 0.1) is 6.92 Å². The van der Waals surface area contributed by atoms with E-state index in [0.717, 1.165) is 28.8 Å². The highest BCUT2D eigenvalue weighted by Crippen LogP contribution is 2.20. The Morgan fingerprint density at radius 2 is 2.12 bits per heavy atom. The summed E-state index contributed by atoms with van der Waals surface area (Å²) in [6.07, 6.45) is 0.494. The first-order chi connectivity index (χ1) is 7.41. The van der Waals surface area contributed by atoms with E-state index in [1.54, 1.807) is 0 Å². The Morgan fingerprint density at radius 3 is 2.56 bits per heavy atom. The standard InChI is InChI=1S/C11H20BrN3O/c1-7(5-8(2)16)13-6-10-11(12)9(3)14-15(10)4/h7-8,13,16H,5-6H2,1-4H3. The zero-order valence-electron chi connectivity index (χ0n) is 10.3. The first kappa shape index (κ1) is 13.7. The molecule has 16 heavy (non-hydrogen) atoms. The van der Waals surface area contributed by atoms with Gasteiger partial charge in [0.1, 0.15) is 0 Å². The van der Waals surface area contributed by atoms with Crippen LogP contribution in [-0.4, -0.2) is 27.0 Å². The molecule has 5 heteroatoms. The number of aromatic nitrogens is 2. The number of aliphatic hydroxyl groups excluding tert-OH is 1. The van der Waals surface area contributed by atoms with E-state index in [1.807, 2.05) is 25.6 Å². The molecule has 2 unspecified atom stereocenters. The molecule has 0 bridgehead atoms. The molecule has 0 aliphatic heterocycles. The van der Waals surface area contributed by atoms with Crippen molar-refractivity contribution in [1.82, 2.24) is 15.1 Å². The van der Waals surface area contributed by atoms with E-state index in [-0.39, 0.29) is 6.10 Å². The lowest BCUT2D eigenvalue weighted by Crippen LogP contribution is -2.29. The van der Waals surface area contributed by atoms with Crippen molar-refractivity contribution in [3.05, 3.63) is 15.9 Å². The predicted octanol–water partition coefficient (Wildman–Crippen LogP) is 1.74. The first-order valence-corrected chi connectivity index (χ1v) is 6.30. The molecular weight excluding hydrogens is 270 g/mol. The third-order valence-electron chi connectivity index (χ3n) is 2.57. The fourth-order valence-corrected chi connectivity index (χ4v) is 2.21. The molecule has 4 nitrogen and oxygen atoms in total. The molecule has 2 N–H and O–H groups in total. The van der Waals surface area contributed by atoms with Gasteiger partial charge in [0.15, 0.2) is 0 Å². The highest BCUT2D eigenvalue weighted by Gasteiger charge is 2.12. The Hall–Kier alpha value is -0.390. The highest BCUT2D eigenvalue weighted by molar-refractivity contribution is 9.10. The number of aryl methyl sites for hydroxylation is 2. The molecule has 0 spiro atoms. The molecule has 0 radical (unpaired) electrons. The summed E-state index contributed by atoms with van der Waals surface area (Å²) in [6, 6.07) is 0.294. The van der Waals surface area contributed by atoms with Gasteiger partial charge in [0.05, 0.1) is 22.0 Å². The van der Waals surface area contributed by atoms with Crippen LogP contribution in [-0.2, 0) is 13.6 Å². The SMILES string of the molecule is Cc1nn(C)c(CNC(C)CC(C)O)c1Br. The van der Waals surface area contributed by atoms with Crippen LogP contribution >= 0.6 is 15.9 Å². The summed E-state index contributed by atoms with van der Waals surface area (Å²) in [5, 5.41) is 17.0. The molecule has 1 heterocycles. The van der Waals surface area contributed by atoms with Gasteiger partial charge in [0.25, 0.3) is 0 Å². The minimum absolute atomic E-state index is 0.265. The summed E-state index contributed by atoms with van der Waals surface area (Å²) >= 11 is 3.53. The van der Waals surface area contributed by atoms with Gasteiger partial charge in [-0.1, -0.05) is 0 Å². The fourth-order valence-electron chi connectivity index (χ4n) is 1.74. The van der Waals surface area contributed by atoms with Gasteiger partial charge in [0.2, 0.25) is 0 Å².